The Balaban J connectivity index is 1.56. The largest absolute Gasteiger partial charge is 0.481 e. The zero-order valence-corrected chi connectivity index (χ0v) is 14.7. The molecule has 0 aliphatic carbocycles. The van der Waals surface area contributed by atoms with Crippen molar-refractivity contribution in [1.29, 1.82) is 0 Å². The normalized spacial score (nSPS) is 21.4. The van der Waals surface area contributed by atoms with Crippen LogP contribution in [-0.4, -0.2) is 43.1 Å². The van der Waals surface area contributed by atoms with E-state index in [-0.39, 0.29) is 5.91 Å². The van der Waals surface area contributed by atoms with Crippen LogP contribution in [0, 0.1) is 12.3 Å². The van der Waals surface area contributed by atoms with E-state index < -0.39 is 6.10 Å². The van der Waals surface area contributed by atoms with Gasteiger partial charge in [-0.2, -0.15) is 0 Å². The summed E-state index contributed by atoms with van der Waals surface area (Å²) in [6.45, 7) is 7.66. The van der Waals surface area contributed by atoms with Gasteiger partial charge in [-0.15, -0.1) is 0 Å². The van der Waals surface area contributed by atoms with Crippen LogP contribution < -0.4 is 10.1 Å². The van der Waals surface area contributed by atoms with Crippen LogP contribution in [0.15, 0.2) is 18.2 Å². The van der Waals surface area contributed by atoms with Gasteiger partial charge in [-0.25, -0.2) is 0 Å². The SMILES string of the molecule is Cc1cc(OC(C)C(=O)N2CCC3(CCNC3)CC2)ccc1Cl. The number of piperidine rings is 1. The minimum atomic E-state index is -0.466. The van der Waals surface area contributed by atoms with Crippen LogP contribution in [0.5, 0.6) is 5.75 Å². The number of rotatable bonds is 3. The van der Waals surface area contributed by atoms with E-state index in [1.165, 1.54) is 6.42 Å². The number of halogens is 1. The Hall–Kier alpha value is -1.26. The third-order valence-electron chi connectivity index (χ3n) is 5.26. The van der Waals surface area contributed by atoms with E-state index in [4.69, 9.17) is 16.3 Å². The molecule has 2 aliphatic heterocycles. The Bertz CT molecular complexity index is 574. The van der Waals surface area contributed by atoms with E-state index in [0.29, 0.717) is 16.2 Å². The van der Waals surface area contributed by atoms with Crippen molar-refractivity contribution >= 4 is 17.5 Å². The molecule has 1 amide bonds. The minimum absolute atomic E-state index is 0.0819. The molecule has 1 unspecified atom stereocenters. The first-order valence-corrected chi connectivity index (χ1v) is 8.79. The zero-order chi connectivity index (χ0) is 16.4. The Morgan fingerprint density at radius 2 is 2.09 bits per heavy atom. The van der Waals surface area contributed by atoms with Crippen LogP contribution in [0.4, 0.5) is 0 Å². The van der Waals surface area contributed by atoms with Gasteiger partial charge in [-0.05, 0) is 68.8 Å². The van der Waals surface area contributed by atoms with Crippen molar-refractivity contribution in [3.8, 4) is 5.75 Å². The lowest BCUT2D eigenvalue weighted by Gasteiger charge is -2.39. The Morgan fingerprint density at radius 1 is 1.35 bits per heavy atom. The van der Waals surface area contributed by atoms with Crippen molar-refractivity contribution in [3.63, 3.8) is 0 Å². The van der Waals surface area contributed by atoms with Crippen molar-refractivity contribution in [2.75, 3.05) is 26.2 Å². The summed E-state index contributed by atoms with van der Waals surface area (Å²) in [7, 11) is 0. The van der Waals surface area contributed by atoms with Crippen LogP contribution in [0.3, 0.4) is 0 Å². The molecule has 2 saturated heterocycles. The molecule has 3 rings (SSSR count). The number of ether oxygens (including phenoxy) is 1. The number of carbonyl (C=O) groups excluding carboxylic acids is 1. The highest BCUT2D eigenvalue weighted by Gasteiger charge is 2.38. The van der Waals surface area contributed by atoms with Gasteiger partial charge in [0.25, 0.3) is 5.91 Å². The van der Waals surface area contributed by atoms with Gasteiger partial charge in [0.2, 0.25) is 0 Å². The zero-order valence-electron chi connectivity index (χ0n) is 13.9. The molecule has 1 atom stereocenters. The fraction of sp³-hybridized carbons (Fsp3) is 0.611. The number of likely N-dealkylation sites (tertiary alicyclic amines) is 1. The molecule has 0 aromatic heterocycles. The van der Waals surface area contributed by atoms with E-state index in [1.807, 2.05) is 30.9 Å². The summed E-state index contributed by atoms with van der Waals surface area (Å²) in [5, 5.41) is 4.16. The van der Waals surface area contributed by atoms with Gasteiger partial charge in [-0.3, -0.25) is 4.79 Å². The highest BCUT2D eigenvalue weighted by molar-refractivity contribution is 6.31. The second-order valence-electron chi connectivity index (χ2n) is 6.92. The summed E-state index contributed by atoms with van der Waals surface area (Å²) >= 11 is 6.02. The van der Waals surface area contributed by atoms with Gasteiger partial charge in [-0.1, -0.05) is 11.6 Å². The molecule has 2 aliphatic rings. The monoisotopic (exact) mass is 336 g/mol. The van der Waals surface area contributed by atoms with Crippen molar-refractivity contribution in [2.24, 2.45) is 5.41 Å². The number of benzene rings is 1. The predicted octanol–water partition coefficient (Wildman–Crippen LogP) is 3.02. The van der Waals surface area contributed by atoms with Crippen LogP contribution >= 0.6 is 11.6 Å². The molecular weight excluding hydrogens is 312 g/mol. The standard InChI is InChI=1S/C18H25ClN2O2/c1-13-11-15(3-4-16(13)19)23-14(2)17(22)21-9-6-18(7-10-21)5-8-20-12-18/h3-4,11,14,20H,5-10,12H2,1-2H3. The molecule has 126 valence electrons. The average molecular weight is 337 g/mol. The molecule has 1 aromatic rings. The number of carbonyl (C=O) groups is 1. The van der Waals surface area contributed by atoms with E-state index >= 15 is 0 Å². The number of aryl methyl sites for hydroxylation is 1. The van der Waals surface area contributed by atoms with Gasteiger partial charge < -0.3 is 15.0 Å². The van der Waals surface area contributed by atoms with E-state index in [9.17, 15) is 4.79 Å². The molecule has 1 aromatic carbocycles. The summed E-state index contributed by atoms with van der Waals surface area (Å²) in [5.41, 5.74) is 1.38. The highest BCUT2D eigenvalue weighted by atomic mass is 35.5. The minimum Gasteiger partial charge on any atom is -0.481 e. The van der Waals surface area contributed by atoms with Crippen LogP contribution in [0.1, 0.15) is 31.7 Å². The number of amides is 1. The third-order valence-corrected chi connectivity index (χ3v) is 5.68. The van der Waals surface area contributed by atoms with Gasteiger partial charge in [0, 0.05) is 24.7 Å². The number of hydrogen-bond donors (Lipinski definition) is 1. The summed E-state index contributed by atoms with van der Waals surface area (Å²) < 4.78 is 5.82. The molecule has 1 N–H and O–H groups in total. The van der Waals surface area contributed by atoms with Crippen LogP contribution in [-0.2, 0) is 4.79 Å². The first-order chi connectivity index (χ1) is 11.0. The summed E-state index contributed by atoms with van der Waals surface area (Å²) in [6, 6.07) is 5.50. The van der Waals surface area contributed by atoms with Crippen molar-refractivity contribution in [1.82, 2.24) is 10.2 Å². The lowest BCUT2D eigenvalue weighted by atomic mass is 9.78. The van der Waals surface area contributed by atoms with Gasteiger partial charge in [0.1, 0.15) is 5.75 Å². The topological polar surface area (TPSA) is 41.6 Å². The Morgan fingerprint density at radius 3 is 2.70 bits per heavy atom. The van der Waals surface area contributed by atoms with Crippen LogP contribution in [0.2, 0.25) is 5.02 Å². The van der Waals surface area contributed by atoms with Gasteiger partial charge >= 0.3 is 0 Å². The van der Waals surface area contributed by atoms with Crippen LogP contribution in [0.25, 0.3) is 0 Å². The molecule has 1 spiro atoms. The van der Waals surface area contributed by atoms with Crippen molar-refractivity contribution in [3.05, 3.63) is 28.8 Å². The second-order valence-corrected chi connectivity index (χ2v) is 7.33. The van der Waals surface area contributed by atoms with Crippen molar-refractivity contribution < 1.29 is 9.53 Å². The molecule has 2 heterocycles. The molecule has 0 bridgehead atoms. The highest BCUT2D eigenvalue weighted by Crippen LogP contribution is 2.37. The first kappa shape index (κ1) is 16.6. The van der Waals surface area contributed by atoms with Gasteiger partial charge in [0.15, 0.2) is 6.10 Å². The number of hydrogen-bond acceptors (Lipinski definition) is 3. The Kier molecular flexibility index (Phi) is 4.83. The maximum atomic E-state index is 12.6. The lowest BCUT2D eigenvalue weighted by Crippen LogP contribution is -2.48. The van der Waals surface area contributed by atoms with Gasteiger partial charge in [0.05, 0.1) is 0 Å². The maximum Gasteiger partial charge on any atom is 0.263 e. The lowest BCUT2D eigenvalue weighted by molar-refractivity contribution is -0.140. The molecule has 0 saturated carbocycles. The van der Waals surface area contributed by atoms with E-state index in [1.54, 1.807) is 6.07 Å². The molecule has 4 nitrogen and oxygen atoms in total. The summed E-state index contributed by atoms with van der Waals surface area (Å²) in [5.74, 6) is 0.777. The first-order valence-electron chi connectivity index (χ1n) is 8.41. The quantitative estimate of drug-likeness (QED) is 0.922. The average Bonchev–Trinajstić information content (AvgIpc) is 2.99. The third kappa shape index (κ3) is 3.64. The molecule has 5 heteroatoms. The Labute approximate surface area is 143 Å². The summed E-state index contributed by atoms with van der Waals surface area (Å²) in [4.78, 5) is 14.6. The number of nitrogens with one attached hydrogen (secondary N) is 1. The van der Waals surface area contributed by atoms with E-state index in [2.05, 4.69) is 5.32 Å². The molecule has 2 fully saturated rings. The molecule has 23 heavy (non-hydrogen) atoms. The fourth-order valence-corrected chi connectivity index (χ4v) is 3.74. The fourth-order valence-electron chi connectivity index (χ4n) is 3.63. The van der Waals surface area contributed by atoms with Crippen molar-refractivity contribution in [2.45, 2.75) is 39.2 Å². The molecular formula is C18H25ClN2O2. The maximum absolute atomic E-state index is 12.6. The summed E-state index contributed by atoms with van der Waals surface area (Å²) in [6.07, 6.45) is 2.97. The number of nitrogens with zero attached hydrogens (tertiary/aromatic N) is 1. The second kappa shape index (κ2) is 6.70. The molecule has 0 radical (unpaired) electrons. The predicted molar refractivity (Wildman–Crippen MR) is 92.0 cm³/mol. The van der Waals surface area contributed by atoms with E-state index in [0.717, 1.165) is 44.6 Å². The smallest absolute Gasteiger partial charge is 0.263 e.